The number of oxazole rings is 1. The van der Waals surface area contributed by atoms with E-state index in [4.69, 9.17) is 4.42 Å². The molecule has 0 saturated heterocycles. The Morgan fingerprint density at radius 2 is 2.24 bits per heavy atom. The van der Waals surface area contributed by atoms with Gasteiger partial charge in [-0.05, 0) is 26.2 Å². The van der Waals surface area contributed by atoms with Gasteiger partial charge in [0.1, 0.15) is 5.76 Å². The normalized spacial score (nSPS) is 23.6. The minimum absolute atomic E-state index is 0.564. The van der Waals surface area contributed by atoms with Crippen LogP contribution in [0.4, 0.5) is 0 Å². The van der Waals surface area contributed by atoms with Gasteiger partial charge in [0.2, 0.25) is 5.89 Å². The van der Waals surface area contributed by atoms with Gasteiger partial charge in [-0.15, -0.1) is 0 Å². The summed E-state index contributed by atoms with van der Waals surface area (Å²) in [4.78, 5) is 8.49. The Labute approximate surface area is 102 Å². The highest BCUT2D eigenvalue weighted by molar-refractivity contribution is 5.80. The zero-order chi connectivity index (χ0) is 12.4. The molecule has 2 N–H and O–H groups in total. The molecule has 2 unspecified atom stereocenters. The molecule has 94 valence electrons. The SMILES string of the molecule is CN=C(NCc1nc(C)c(C)o1)NC1CC1C. The van der Waals surface area contributed by atoms with Crippen molar-refractivity contribution in [3.8, 4) is 0 Å². The Kier molecular flexibility index (Phi) is 3.36. The lowest BCUT2D eigenvalue weighted by Crippen LogP contribution is -2.38. The summed E-state index contributed by atoms with van der Waals surface area (Å²) in [6.45, 7) is 6.66. The van der Waals surface area contributed by atoms with Crippen molar-refractivity contribution < 1.29 is 4.42 Å². The van der Waals surface area contributed by atoms with Crippen LogP contribution in [0.15, 0.2) is 9.41 Å². The van der Waals surface area contributed by atoms with Crippen molar-refractivity contribution in [1.82, 2.24) is 15.6 Å². The third-order valence-corrected chi connectivity index (χ3v) is 3.14. The van der Waals surface area contributed by atoms with Gasteiger partial charge >= 0.3 is 0 Å². The van der Waals surface area contributed by atoms with Crippen molar-refractivity contribution in [3.63, 3.8) is 0 Å². The van der Waals surface area contributed by atoms with Gasteiger partial charge in [-0.3, -0.25) is 4.99 Å². The van der Waals surface area contributed by atoms with Crippen LogP contribution in [0.2, 0.25) is 0 Å². The molecule has 0 amide bonds. The summed E-state index contributed by atoms with van der Waals surface area (Å²) in [6.07, 6.45) is 1.22. The standard InChI is InChI=1S/C12H20N4O/c1-7-5-10(7)16-12(13-4)14-6-11-15-8(2)9(3)17-11/h7,10H,5-6H2,1-4H3,(H2,13,14,16). The fraction of sp³-hybridized carbons (Fsp3) is 0.667. The molecule has 0 spiro atoms. The Balaban J connectivity index is 1.83. The zero-order valence-corrected chi connectivity index (χ0v) is 10.9. The maximum absolute atomic E-state index is 5.49. The van der Waals surface area contributed by atoms with E-state index in [0.717, 1.165) is 23.3 Å². The smallest absolute Gasteiger partial charge is 0.214 e. The van der Waals surface area contributed by atoms with Crippen LogP contribution >= 0.6 is 0 Å². The largest absolute Gasteiger partial charge is 0.444 e. The summed E-state index contributed by atoms with van der Waals surface area (Å²) in [5.74, 6) is 3.14. The van der Waals surface area contributed by atoms with Crippen LogP contribution in [0.25, 0.3) is 0 Å². The molecule has 1 aromatic heterocycles. The maximum atomic E-state index is 5.49. The first-order valence-electron chi connectivity index (χ1n) is 6.00. The first-order chi connectivity index (χ1) is 8.10. The molecule has 0 aliphatic heterocycles. The first-order valence-corrected chi connectivity index (χ1v) is 6.00. The molecule has 1 heterocycles. The molecule has 1 aliphatic carbocycles. The number of aryl methyl sites for hydroxylation is 2. The molecule has 1 aliphatic rings. The van der Waals surface area contributed by atoms with E-state index in [2.05, 4.69) is 27.5 Å². The van der Waals surface area contributed by atoms with E-state index in [9.17, 15) is 0 Å². The molecule has 2 rings (SSSR count). The molecule has 5 heteroatoms. The van der Waals surface area contributed by atoms with E-state index < -0.39 is 0 Å². The second kappa shape index (κ2) is 4.77. The van der Waals surface area contributed by atoms with E-state index in [1.54, 1.807) is 7.05 Å². The Morgan fingerprint density at radius 3 is 2.71 bits per heavy atom. The van der Waals surface area contributed by atoms with E-state index in [-0.39, 0.29) is 0 Å². The van der Waals surface area contributed by atoms with Crippen molar-refractivity contribution >= 4 is 5.96 Å². The predicted octanol–water partition coefficient (Wildman–Crippen LogP) is 1.36. The van der Waals surface area contributed by atoms with Gasteiger partial charge in [-0.25, -0.2) is 4.98 Å². The number of guanidine groups is 1. The van der Waals surface area contributed by atoms with Crippen molar-refractivity contribution in [2.75, 3.05) is 7.05 Å². The topological polar surface area (TPSA) is 62.5 Å². The zero-order valence-electron chi connectivity index (χ0n) is 10.9. The summed E-state index contributed by atoms with van der Waals surface area (Å²) < 4.78 is 5.49. The van der Waals surface area contributed by atoms with E-state index in [1.165, 1.54) is 6.42 Å². The average Bonchev–Trinajstić information content (AvgIpc) is 2.89. The summed E-state index contributed by atoms with van der Waals surface area (Å²) in [7, 11) is 1.77. The highest BCUT2D eigenvalue weighted by atomic mass is 16.4. The molecular weight excluding hydrogens is 216 g/mol. The minimum atomic E-state index is 0.564. The third-order valence-electron chi connectivity index (χ3n) is 3.14. The molecule has 1 fully saturated rings. The van der Waals surface area contributed by atoms with E-state index >= 15 is 0 Å². The lowest BCUT2D eigenvalue weighted by molar-refractivity contribution is 0.463. The number of aromatic nitrogens is 1. The van der Waals surface area contributed by atoms with Gasteiger partial charge in [0, 0.05) is 13.1 Å². The van der Waals surface area contributed by atoms with Gasteiger partial charge in [0.05, 0.1) is 12.2 Å². The fourth-order valence-electron chi connectivity index (χ4n) is 1.67. The van der Waals surface area contributed by atoms with Crippen LogP contribution in [0.5, 0.6) is 0 Å². The van der Waals surface area contributed by atoms with Crippen LogP contribution in [-0.2, 0) is 6.54 Å². The lowest BCUT2D eigenvalue weighted by Gasteiger charge is -2.09. The Hall–Kier alpha value is -1.52. The summed E-state index contributed by atoms with van der Waals surface area (Å²) in [6, 6.07) is 0.564. The van der Waals surface area contributed by atoms with Gasteiger partial charge in [0.25, 0.3) is 0 Å². The van der Waals surface area contributed by atoms with Crippen LogP contribution in [-0.4, -0.2) is 24.0 Å². The van der Waals surface area contributed by atoms with Crippen molar-refractivity contribution in [1.29, 1.82) is 0 Å². The van der Waals surface area contributed by atoms with Crippen molar-refractivity contribution in [3.05, 3.63) is 17.3 Å². The number of rotatable bonds is 3. The lowest BCUT2D eigenvalue weighted by atomic mass is 10.4. The number of nitrogens with one attached hydrogen (secondary N) is 2. The van der Waals surface area contributed by atoms with Gasteiger partial charge in [0.15, 0.2) is 5.96 Å². The quantitative estimate of drug-likeness (QED) is 0.614. The number of nitrogens with zero attached hydrogens (tertiary/aromatic N) is 2. The highest BCUT2D eigenvalue weighted by Crippen LogP contribution is 2.28. The van der Waals surface area contributed by atoms with Crippen LogP contribution < -0.4 is 10.6 Å². The van der Waals surface area contributed by atoms with E-state index in [1.807, 2.05) is 13.8 Å². The first kappa shape index (κ1) is 12.0. The molecule has 1 saturated carbocycles. The molecule has 0 radical (unpaired) electrons. The van der Waals surface area contributed by atoms with Gasteiger partial charge < -0.3 is 15.1 Å². The van der Waals surface area contributed by atoms with Crippen molar-refractivity contribution in [2.45, 2.75) is 39.8 Å². The number of hydrogen-bond acceptors (Lipinski definition) is 3. The number of aliphatic imine (C=N–C) groups is 1. The molecule has 0 aromatic carbocycles. The molecule has 0 bridgehead atoms. The van der Waals surface area contributed by atoms with Crippen LogP contribution in [0, 0.1) is 19.8 Å². The summed E-state index contributed by atoms with van der Waals surface area (Å²) in [5, 5.41) is 6.55. The monoisotopic (exact) mass is 236 g/mol. The van der Waals surface area contributed by atoms with Crippen molar-refractivity contribution in [2.24, 2.45) is 10.9 Å². The highest BCUT2D eigenvalue weighted by Gasteiger charge is 2.33. The molecule has 17 heavy (non-hydrogen) atoms. The third kappa shape index (κ3) is 2.99. The second-order valence-corrected chi connectivity index (χ2v) is 4.64. The van der Waals surface area contributed by atoms with Gasteiger partial charge in [-0.1, -0.05) is 6.92 Å². The minimum Gasteiger partial charge on any atom is -0.444 e. The van der Waals surface area contributed by atoms with Crippen LogP contribution in [0.3, 0.4) is 0 Å². The summed E-state index contributed by atoms with van der Waals surface area (Å²) >= 11 is 0. The average molecular weight is 236 g/mol. The molecular formula is C12H20N4O. The van der Waals surface area contributed by atoms with Crippen LogP contribution in [0.1, 0.15) is 30.7 Å². The molecule has 5 nitrogen and oxygen atoms in total. The summed E-state index contributed by atoms with van der Waals surface area (Å²) in [5.41, 5.74) is 0.945. The maximum Gasteiger partial charge on any atom is 0.214 e. The molecule has 1 aromatic rings. The van der Waals surface area contributed by atoms with Gasteiger partial charge in [-0.2, -0.15) is 0 Å². The Morgan fingerprint density at radius 1 is 1.53 bits per heavy atom. The number of hydrogen-bond donors (Lipinski definition) is 2. The molecule has 2 atom stereocenters. The van der Waals surface area contributed by atoms with E-state index in [0.29, 0.717) is 18.5 Å². The fourth-order valence-corrected chi connectivity index (χ4v) is 1.67. The Bertz CT molecular complexity index is 405. The second-order valence-electron chi connectivity index (χ2n) is 4.64. The predicted molar refractivity (Wildman–Crippen MR) is 66.9 cm³/mol.